The number of H-pyrrole nitrogens is 1. The first-order valence-electron chi connectivity index (χ1n) is 4.99. The Morgan fingerprint density at radius 2 is 2.25 bits per heavy atom. The lowest BCUT2D eigenvalue weighted by molar-refractivity contribution is 0.737. The molecule has 2 aromatic heterocycles. The normalized spacial score (nSPS) is 10.9. The number of nitrogen functional groups attached to an aromatic ring is 1. The number of hydrogen-bond donors (Lipinski definition) is 2. The van der Waals surface area contributed by atoms with E-state index in [1.807, 2.05) is 13.8 Å². The van der Waals surface area contributed by atoms with E-state index >= 15 is 0 Å². The van der Waals surface area contributed by atoms with Gasteiger partial charge in [-0.05, 0) is 18.1 Å². The molecule has 0 saturated heterocycles. The van der Waals surface area contributed by atoms with E-state index in [4.69, 9.17) is 5.73 Å². The molecule has 84 valence electrons. The Labute approximate surface area is 92.1 Å². The van der Waals surface area contributed by atoms with Crippen molar-refractivity contribution in [3.05, 3.63) is 34.4 Å². The molecule has 0 aliphatic heterocycles. The van der Waals surface area contributed by atoms with Gasteiger partial charge in [0.05, 0.1) is 5.69 Å². The van der Waals surface area contributed by atoms with E-state index in [0.29, 0.717) is 5.82 Å². The highest BCUT2D eigenvalue weighted by Crippen LogP contribution is 2.16. The maximum atomic E-state index is 11.8. The fourth-order valence-corrected chi connectivity index (χ4v) is 1.48. The molecule has 0 aliphatic carbocycles. The first-order valence-corrected chi connectivity index (χ1v) is 4.99. The van der Waals surface area contributed by atoms with Crippen molar-refractivity contribution in [1.82, 2.24) is 20.0 Å². The van der Waals surface area contributed by atoms with Gasteiger partial charge < -0.3 is 5.73 Å². The van der Waals surface area contributed by atoms with Crippen molar-refractivity contribution in [1.29, 1.82) is 0 Å². The molecule has 0 radical (unpaired) electrons. The molecule has 16 heavy (non-hydrogen) atoms. The topological polar surface area (TPSA) is 89.6 Å². The number of nitrogens with two attached hydrogens (primary N) is 1. The van der Waals surface area contributed by atoms with Crippen molar-refractivity contribution in [2.24, 2.45) is 0 Å². The molecule has 2 aromatic rings. The van der Waals surface area contributed by atoms with E-state index in [1.54, 1.807) is 18.3 Å². The average Bonchev–Trinajstić information content (AvgIpc) is 2.58. The molecule has 3 N–H and O–H groups in total. The molecule has 0 aromatic carbocycles. The largest absolute Gasteiger partial charge is 0.393 e. The maximum absolute atomic E-state index is 11.8. The summed E-state index contributed by atoms with van der Waals surface area (Å²) in [6.07, 6.45) is 1.55. The maximum Gasteiger partial charge on any atom is 0.296 e. The van der Waals surface area contributed by atoms with Crippen LogP contribution in [0.25, 0.3) is 5.82 Å². The Balaban J connectivity index is 2.60. The molecule has 0 saturated carbocycles. The van der Waals surface area contributed by atoms with Crippen molar-refractivity contribution in [3.63, 3.8) is 0 Å². The molecule has 0 atom stereocenters. The molecule has 0 bridgehead atoms. The van der Waals surface area contributed by atoms with Crippen LogP contribution in [0.3, 0.4) is 0 Å². The highest BCUT2D eigenvalue weighted by atomic mass is 16.1. The zero-order valence-electron chi connectivity index (χ0n) is 9.14. The van der Waals surface area contributed by atoms with Crippen molar-refractivity contribution in [3.8, 4) is 5.82 Å². The number of hydrogen-bond acceptors (Lipinski definition) is 4. The number of nitrogens with one attached hydrogen (secondary N) is 1. The van der Waals surface area contributed by atoms with Crippen molar-refractivity contribution in [2.75, 3.05) is 5.73 Å². The van der Waals surface area contributed by atoms with Gasteiger partial charge >= 0.3 is 0 Å². The molecule has 0 fully saturated rings. The summed E-state index contributed by atoms with van der Waals surface area (Å²) in [5.74, 6) is 0.594. The van der Waals surface area contributed by atoms with E-state index in [2.05, 4.69) is 15.3 Å². The Bertz CT molecular complexity index is 540. The zero-order chi connectivity index (χ0) is 11.7. The Morgan fingerprint density at radius 3 is 2.75 bits per heavy atom. The van der Waals surface area contributed by atoms with Gasteiger partial charge in [0.1, 0.15) is 5.69 Å². The number of aromatic amines is 1. The summed E-state index contributed by atoms with van der Waals surface area (Å²) in [6.45, 7) is 3.92. The van der Waals surface area contributed by atoms with Gasteiger partial charge in [0.25, 0.3) is 5.56 Å². The van der Waals surface area contributed by atoms with E-state index in [0.717, 1.165) is 5.69 Å². The van der Waals surface area contributed by atoms with Gasteiger partial charge in [-0.2, -0.15) is 9.78 Å². The Kier molecular flexibility index (Phi) is 2.47. The summed E-state index contributed by atoms with van der Waals surface area (Å²) in [6, 6.07) is 3.40. The van der Waals surface area contributed by atoms with Gasteiger partial charge in [-0.3, -0.25) is 9.89 Å². The number of anilines is 1. The van der Waals surface area contributed by atoms with E-state index in [1.165, 1.54) is 4.68 Å². The minimum Gasteiger partial charge on any atom is -0.393 e. The van der Waals surface area contributed by atoms with Crippen LogP contribution in [0.15, 0.2) is 23.1 Å². The van der Waals surface area contributed by atoms with Crippen LogP contribution in [0.5, 0.6) is 0 Å². The molecule has 2 heterocycles. The third-order valence-corrected chi connectivity index (χ3v) is 2.32. The Morgan fingerprint density at radius 1 is 1.50 bits per heavy atom. The van der Waals surface area contributed by atoms with Crippen molar-refractivity contribution < 1.29 is 0 Å². The first-order chi connectivity index (χ1) is 7.61. The second-order valence-electron chi connectivity index (χ2n) is 3.82. The molecule has 2 rings (SSSR count). The zero-order valence-corrected chi connectivity index (χ0v) is 9.14. The van der Waals surface area contributed by atoms with Crippen LogP contribution in [-0.4, -0.2) is 20.0 Å². The van der Waals surface area contributed by atoms with Crippen LogP contribution in [0.4, 0.5) is 5.69 Å². The second-order valence-corrected chi connectivity index (χ2v) is 3.82. The van der Waals surface area contributed by atoms with Gasteiger partial charge in [0, 0.05) is 6.20 Å². The predicted molar refractivity (Wildman–Crippen MR) is 60.5 cm³/mol. The van der Waals surface area contributed by atoms with Gasteiger partial charge in [-0.25, -0.2) is 0 Å². The van der Waals surface area contributed by atoms with E-state index in [-0.39, 0.29) is 17.2 Å². The quantitative estimate of drug-likeness (QED) is 0.776. The molecular formula is C10H13N5O. The number of rotatable bonds is 2. The highest BCUT2D eigenvalue weighted by molar-refractivity contribution is 5.44. The van der Waals surface area contributed by atoms with Crippen LogP contribution in [0.2, 0.25) is 0 Å². The molecule has 0 amide bonds. The first kappa shape index (κ1) is 10.4. The molecule has 6 nitrogen and oxygen atoms in total. The molecule has 0 aliphatic rings. The summed E-state index contributed by atoms with van der Waals surface area (Å²) in [5, 5.41) is 10.5. The van der Waals surface area contributed by atoms with E-state index < -0.39 is 0 Å². The van der Waals surface area contributed by atoms with Gasteiger partial charge in [0.15, 0.2) is 5.82 Å². The lowest BCUT2D eigenvalue weighted by Crippen LogP contribution is -2.17. The van der Waals surface area contributed by atoms with Crippen LogP contribution in [0, 0.1) is 0 Å². The summed E-state index contributed by atoms with van der Waals surface area (Å²) in [7, 11) is 0. The third kappa shape index (κ3) is 1.58. The highest BCUT2D eigenvalue weighted by Gasteiger charge is 2.15. The average molecular weight is 219 g/mol. The number of nitrogens with zero attached hydrogens (tertiary/aromatic N) is 3. The summed E-state index contributed by atoms with van der Waals surface area (Å²) >= 11 is 0. The predicted octanol–water partition coefficient (Wildman–Crippen LogP) is 0.661. The summed E-state index contributed by atoms with van der Waals surface area (Å²) < 4.78 is 1.30. The fourth-order valence-electron chi connectivity index (χ4n) is 1.48. The van der Waals surface area contributed by atoms with Crippen LogP contribution >= 0.6 is 0 Å². The van der Waals surface area contributed by atoms with E-state index in [9.17, 15) is 4.79 Å². The molecule has 0 unspecified atom stereocenters. The van der Waals surface area contributed by atoms with Gasteiger partial charge in [0.2, 0.25) is 0 Å². The second kappa shape index (κ2) is 3.80. The monoisotopic (exact) mass is 219 g/mol. The molecular weight excluding hydrogens is 206 g/mol. The minimum atomic E-state index is -0.288. The SMILES string of the molecule is CC(C)c1[nH]n(-c2cccnn2)c(=O)c1N. The smallest absolute Gasteiger partial charge is 0.296 e. The van der Waals surface area contributed by atoms with Gasteiger partial charge in [-0.15, -0.1) is 5.10 Å². The standard InChI is InChI=1S/C10H13N5O/c1-6(2)9-8(11)10(16)15(14-9)7-4-3-5-12-13-7/h3-6,14H,11H2,1-2H3. The number of aromatic nitrogens is 4. The van der Waals surface area contributed by atoms with Gasteiger partial charge in [-0.1, -0.05) is 13.8 Å². The summed E-state index contributed by atoms with van der Waals surface area (Å²) in [5.41, 5.74) is 6.40. The summed E-state index contributed by atoms with van der Waals surface area (Å²) in [4.78, 5) is 11.8. The van der Waals surface area contributed by atoms with Crippen LogP contribution < -0.4 is 11.3 Å². The van der Waals surface area contributed by atoms with Crippen LogP contribution in [0.1, 0.15) is 25.5 Å². The lowest BCUT2D eigenvalue weighted by Gasteiger charge is -2.01. The lowest BCUT2D eigenvalue weighted by atomic mass is 10.1. The fraction of sp³-hybridized carbons (Fsp3) is 0.300. The molecule has 0 spiro atoms. The van der Waals surface area contributed by atoms with Crippen LogP contribution in [-0.2, 0) is 0 Å². The van der Waals surface area contributed by atoms with Crippen molar-refractivity contribution >= 4 is 5.69 Å². The molecule has 6 heteroatoms. The minimum absolute atomic E-state index is 0.158. The van der Waals surface area contributed by atoms with Crippen molar-refractivity contribution in [2.45, 2.75) is 19.8 Å². The third-order valence-electron chi connectivity index (χ3n) is 2.32. The Hall–Kier alpha value is -2.11.